The number of hydrogen-bond donors (Lipinski definition) is 1. The predicted molar refractivity (Wildman–Crippen MR) is 80.5 cm³/mol. The Balaban J connectivity index is 1.45. The van der Waals surface area contributed by atoms with Crippen LogP contribution in [0, 0.1) is 5.92 Å². The summed E-state index contributed by atoms with van der Waals surface area (Å²) < 4.78 is 10.7. The van der Waals surface area contributed by atoms with Crippen molar-refractivity contribution in [3.05, 3.63) is 22.7 Å². The molecule has 0 unspecified atom stereocenters. The van der Waals surface area contributed by atoms with Crippen molar-refractivity contribution < 1.29 is 9.47 Å². The van der Waals surface area contributed by atoms with E-state index in [-0.39, 0.29) is 6.79 Å². The highest BCUT2D eigenvalue weighted by Crippen LogP contribution is 2.39. The maximum atomic E-state index is 6.18. The molecule has 1 aliphatic heterocycles. The van der Waals surface area contributed by atoms with Crippen molar-refractivity contribution in [2.45, 2.75) is 45.1 Å². The van der Waals surface area contributed by atoms with Gasteiger partial charge in [-0.05, 0) is 36.6 Å². The molecule has 110 valence electrons. The van der Waals surface area contributed by atoms with Crippen LogP contribution in [0.25, 0.3) is 0 Å². The van der Waals surface area contributed by atoms with Gasteiger partial charge in [0.05, 0.1) is 5.02 Å². The average molecular weight is 296 g/mol. The Bertz CT molecular complexity index is 458. The minimum Gasteiger partial charge on any atom is -0.454 e. The van der Waals surface area contributed by atoms with Crippen LogP contribution in [0.5, 0.6) is 11.5 Å². The molecule has 0 aromatic heterocycles. The fraction of sp³-hybridized carbons (Fsp3) is 0.625. The maximum Gasteiger partial charge on any atom is 0.231 e. The van der Waals surface area contributed by atoms with Gasteiger partial charge in [0.25, 0.3) is 0 Å². The summed E-state index contributed by atoms with van der Waals surface area (Å²) in [5.74, 6) is 2.37. The normalized spacial score (nSPS) is 18.4. The molecule has 1 aromatic carbocycles. The molecule has 0 amide bonds. The molecule has 1 N–H and O–H groups in total. The van der Waals surface area contributed by atoms with E-state index in [1.165, 1.54) is 38.5 Å². The third-order valence-corrected chi connectivity index (χ3v) is 4.55. The number of hydrogen-bond acceptors (Lipinski definition) is 3. The van der Waals surface area contributed by atoms with E-state index in [1.54, 1.807) is 0 Å². The van der Waals surface area contributed by atoms with Gasteiger partial charge in [-0.15, -0.1) is 0 Å². The molecule has 2 aliphatic rings. The van der Waals surface area contributed by atoms with Crippen LogP contribution >= 0.6 is 11.6 Å². The first kappa shape index (κ1) is 14.0. The zero-order valence-electron chi connectivity index (χ0n) is 11.8. The second-order valence-electron chi connectivity index (χ2n) is 5.78. The Morgan fingerprint density at radius 2 is 2.00 bits per heavy atom. The smallest absolute Gasteiger partial charge is 0.231 e. The Hall–Kier alpha value is -0.930. The van der Waals surface area contributed by atoms with Gasteiger partial charge in [0.15, 0.2) is 11.5 Å². The molecule has 3 rings (SSSR count). The van der Waals surface area contributed by atoms with Crippen LogP contribution in [0.2, 0.25) is 5.02 Å². The summed E-state index contributed by atoms with van der Waals surface area (Å²) in [6, 6.07) is 3.98. The Labute approximate surface area is 125 Å². The van der Waals surface area contributed by atoms with Crippen molar-refractivity contribution in [1.82, 2.24) is 5.32 Å². The number of benzene rings is 1. The van der Waals surface area contributed by atoms with Crippen LogP contribution in [-0.4, -0.2) is 13.3 Å². The molecule has 20 heavy (non-hydrogen) atoms. The van der Waals surface area contributed by atoms with Gasteiger partial charge in [-0.25, -0.2) is 0 Å². The van der Waals surface area contributed by atoms with Crippen LogP contribution in [0.1, 0.15) is 44.1 Å². The zero-order valence-corrected chi connectivity index (χ0v) is 12.5. The first-order chi connectivity index (χ1) is 9.83. The quantitative estimate of drug-likeness (QED) is 0.829. The Morgan fingerprint density at radius 3 is 2.85 bits per heavy atom. The van der Waals surface area contributed by atoms with Gasteiger partial charge in [-0.1, -0.05) is 43.7 Å². The van der Waals surface area contributed by atoms with Crippen LogP contribution in [-0.2, 0) is 6.54 Å². The lowest BCUT2D eigenvalue weighted by molar-refractivity contribution is 0.174. The average Bonchev–Trinajstić information content (AvgIpc) is 2.94. The number of ether oxygens (including phenoxy) is 2. The van der Waals surface area contributed by atoms with Gasteiger partial charge in [-0.2, -0.15) is 0 Å². The molecule has 0 radical (unpaired) electrons. The number of nitrogens with one attached hydrogen (secondary N) is 1. The lowest BCUT2D eigenvalue weighted by Gasteiger charge is -2.21. The first-order valence-electron chi connectivity index (χ1n) is 7.61. The summed E-state index contributed by atoms with van der Waals surface area (Å²) in [6.45, 7) is 2.19. The van der Waals surface area contributed by atoms with E-state index in [4.69, 9.17) is 21.1 Å². The third-order valence-electron chi connectivity index (χ3n) is 4.27. The van der Waals surface area contributed by atoms with Crippen molar-refractivity contribution >= 4 is 11.6 Å². The van der Waals surface area contributed by atoms with E-state index >= 15 is 0 Å². The lowest BCUT2D eigenvalue weighted by Crippen LogP contribution is -2.19. The maximum absolute atomic E-state index is 6.18. The molecule has 0 bridgehead atoms. The van der Waals surface area contributed by atoms with Crippen molar-refractivity contribution in [1.29, 1.82) is 0 Å². The molecule has 1 aliphatic carbocycles. The molecule has 1 fully saturated rings. The van der Waals surface area contributed by atoms with E-state index in [1.807, 2.05) is 12.1 Å². The van der Waals surface area contributed by atoms with Crippen LogP contribution in [0.4, 0.5) is 0 Å². The summed E-state index contributed by atoms with van der Waals surface area (Å²) in [7, 11) is 0. The molecular weight excluding hydrogens is 274 g/mol. The number of rotatable bonds is 5. The molecule has 0 saturated heterocycles. The van der Waals surface area contributed by atoms with Crippen molar-refractivity contribution in [2.75, 3.05) is 13.3 Å². The van der Waals surface area contributed by atoms with E-state index in [9.17, 15) is 0 Å². The van der Waals surface area contributed by atoms with Crippen LogP contribution in [0.3, 0.4) is 0 Å². The standard InChI is InChI=1S/C16H22ClNO2/c17-14-8-13(9-15-16(14)20-11-19-15)10-18-7-6-12-4-2-1-3-5-12/h8-9,12,18H,1-7,10-11H2. The molecule has 1 heterocycles. The number of halogens is 1. The van der Waals surface area contributed by atoms with Gasteiger partial charge in [0, 0.05) is 6.54 Å². The predicted octanol–water partition coefficient (Wildman–Crippen LogP) is 4.13. The lowest BCUT2D eigenvalue weighted by atomic mass is 9.87. The zero-order chi connectivity index (χ0) is 13.8. The highest BCUT2D eigenvalue weighted by molar-refractivity contribution is 6.32. The van der Waals surface area contributed by atoms with Gasteiger partial charge < -0.3 is 14.8 Å². The third kappa shape index (κ3) is 3.39. The first-order valence-corrected chi connectivity index (χ1v) is 7.99. The Morgan fingerprint density at radius 1 is 1.15 bits per heavy atom. The van der Waals surface area contributed by atoms with Crippen LogP contribution < -0.4 is 14.8 Å². The number of fused-ring (bicyclic) bond motifs is 1. The minimum atomic E-state index is 0.271. The SMILES string of the molecule is Clc1cc(CNCCC2CCCCC2)cc2c1OCO2. The molecule has 0 spiro atoms. The van der Waals surface area contributed by atoms with E-state index in [2.05, 4.69) is 5.32 Å². The minimum absolute atomic E-state index is 0.271. The van der Waals surface area contributed by atoms with Gasteiger partial charge >= 0.3 is 0 Å². The van der Waals surface area contributed by atoms with Gasteiger partial charge in [0.1, 0.15) is 0 Å². The molecular formula is C16H22ClNO2. The second kappa shape index (κ2) is 6.68. The van der Waals surface area contributed by atoms with E-state index in [0.29, 0.717) is 10.8 Å². The van der Waals surface area contributed by atoms with Crippen molar-refractivity contribution in [3.8, 4) is 11.5 Å². The summed E-state index contributed by atoms with van der Waals surface area (Å²) in [4.78, 5) is 0. The van der Waals surface area contributed by atoms with Crippen molar-refractivity contribution in [2.24, 2.45) is 5.92 Å². The Kier molecular flexibility index (Phi) is 4.69. The van der Waals surface area contributed by atoms with Crippen LogP contribution in [0.15, 0.2) is 12.1 Å². The summed E-state index contributed by atoms with van der Waals surface area (Å²) in [5.41, 5.74) is 1.16. The van der Waals surface area contributed by atoms with E-state index < -0.39 is 0 Å². The molecule has 1 saturated carbocycles. The summed E-state index contributed by atoms with van der Waals surface area (Å²) >= 11 is 6.18. The molecule has 0 atom stereocenters. The van der Waals surface area contributed by atoms with Gasteiger partial charge in [0.2, 0.25) is 6.79 Å². The molecule has 1 aromatic rings. The summed E-state index contributed by atoms with van der Waals surface area (Å²) in [5, 5.41) is 4.16. The van der Waals surface area contributed by atoms with Crippen molar-refractivity contribution in [3.63, 3.8) is 0 Å². The fourth-order valence-corrected chi connectivity index (χ4v) is 3.43. The van der Waals surface area contributed by atoms with E-state index in [0.717, 1.165) is 30.3 Å². The summed E-state index contributed by atoms with van der Waals surface area (Å²) in [6.07, 6.45) is 8.39. The highest BCUT2D eigenvalue weighted by atomic mass is 35.5. The molecule has 4 heteroatoms. The topological polar surface area (TPSA) is 30.5 Å². The second-order valence-corrected chi connectivity index (χ2v) is 6.19. The monoisotopic (exact) mass is 295 g/mol. The van der Waals surface area contributed by atoms with Gasteiger partial charge in [-0.3, -0.25) is 0 Å². The fourth-order valence-electron chi connectivity index (χ4n) is 3.14. The highest BCUT2D eigenvalue weighted by Gasteiger charge is 2.18. The molecule has 3 nitrogen and oxygen atoms in total. The largest absolute Gasteiger partial charge is 0.454 e.